The first-order chi connectivity index (χ1) is 9.19. The van der Waals surface area contributed by atoms with Crippen molar-refractivity contribution in [2.45, 2.75) is 19.1 Å². The molecule has 3 nitrogen and oxygen atoms in total. The Morgan fingerprint density at radius 2 is 2.11 bits per heavy atom. The minimum atomic E-state index is -0.254. The van der Waals surface area contributed by atoms with Crippen molar-refractivity contribution < 1.29 is 9.18 Å². The molecule has 0 unspecified atom stereocenters. The van der Waals surface area contributed by atoms with Gasteiger partial charge >= 0.3 is 0 Å². The van der Waals surface area contributed by atoms with Gasteiger partial charge in [0.25, 0.3) is 5.91 Å². The highest BCUT2D eigenvalue weighted by molar-refractivity contribution is 7.97. The maximum atomic E-state index is 13.5. The van der Waals surface area contributed by atoms with Gasteiger partial charge in [0.2, 0.25) is 0 Å². The Kier molecular flexibility index (Phi) is 7.52. The van der Waals surface area contributed by atoms with Crippen LogP contribution in [0.25, 0.3) is 0 Å². The summed E-state index contributed by atoms with van der Waals surface area (Å²) >= 11 is 1.53. The van der Waals surface area contributed by atoms with Crippen molar-refractivity contribution in [2.24, 2.45) is 0 Å². The molecule has 1 amide bonds. The highest BCUT2D eigenvalue weighted by Gasteiger charge is 2.08. The van der Waals surface area contributed by atoms with Crippen LogP contribution < -0.4 is 10.6 Å². The van der Waals surface area contributed by atoms with Gasteiger partial charge in [0, 0.05) is 24.4 Å². The molecule has 0 saturated carbocycles. The molecule has 5 heteroatoms. The predicted octanol–water partition coefficient (Wildman–Crippen LogP) is 2.42. The standard InChI is InChI=1S/C14H21FN2OS/c1-3-6-16-7-8-17-14(18)11-4-5-13(15)12(9-11)10-19-2/h4-5,9,16H,3,6-8,10H2,1-2H3,(H,17,18). The number of thioether (sulfide) groups is 1. The van der Waals surface area contributed by atoms with Gasteiger partial charge in [-0.05, 0) is 43.0 Å². The molecule has 0 aliphatic heterocycles. The van der Waals surface area contributed by atoms with Crippen LogP contribution in [-0.2, 0) is 5.75 Å². The van der Waals surface area contributed by atoms with Gasteiger partial charge in [-0.15, -0.1) is 0 Å². The lowest BCUT2D eigenvalue weighted by Gasteiger charge is -2.08. The molecule has 0 bridgehead atoms. The Morgan fingerprint density at radius 1 is 1.32 bits per heavy atom. The molecule has 1 rings (SSSR count). The molecule has 0 saturated heterocycles. The second-order valence-corrected chi connectivity index (χ2v) is 5.11. The van der Waals surface area contributed by atoms with Crippen LogP contribution in [0.15, 0.2) is 18.2 Å². The summed E-state index contributed by atoms with van der Waals surface area (Å²) in [6.45, 7) is 4.37. The van der Waals surface area contributed by atoms with Gasteiger partial charge in [-0.25, -0.2) is 4.39 Å². The summed E-state index contributed by atoms with van der Waals surface area (Å²) in [5.41, 5.74) is 1.09. The van der Waals surface area contributed by atoms with Gasteiger partial charge in [-0.1, -0.05) is 6.92 Å². The monoisotopic (exact) mass is 284 g/mol. The minimum Gasteiger partial charge on any atom is -0.351 e. The zero-order valence-corrected chi connectivity index (χ0v) is 12.3. The SMILES string of the molecule is CCCNCCNC(=O)c1ccc(F)c(CSC)c1. The van der Waals surface area contributed by atoms with E-state index in [1.807, 2.05) is 6.26 Å². The Labute approximate surface area is 118 Å². The highest BCUT2D eigenvalue weighted by Crippen LogP contribution is 2.15. The predicted molar refractivity (Wildman–Crippen MR) is 79.1 cm³/mol. The summed E-state index contributed by atoms with van der Waals surface area (Å²) in [7, 11) is 0. The Morgan fingerprint density at radius 3 is 2.79 bits per heavy atom. The lowest BCUT2D eigenvalue weighted by atomic mass is 10.1. The van der Waals surface area contributed by atoms with E-state index in [9.17, 15) is 9.18 Å². The van der Waals surface area contributed by atoms with Crippen molar-refractivity contribution in [3.8, 4) is 0 Å². The third-order valence-electron chi connectivity index (χ3n) is 2.62. The summed E-state index contributed by atoms with van der Waals surface area (Å²) in [5, 5.41) is 6.02. The molecule has 1 aromatic carbocycles. The third kappa shape index (κ3) is 5.61. The molecule has 0 atom stereocenters. The lowest BCUT2D eigenvalue weighted by Crippen LogP contribution is -2.32. The van der Waals surface area contributed by atoms with Crippen molar-refractivity contribution in [1.82, 2.24) is 10.6 Å². The van der Waals surface area contributed by atoms with E-state index in [1.165, 1.54) is 23.9 Å². The van der Waals surface area contributed by atoms with Crippen molar-refractivity contribution in [2.75, 3.05) is 25.9 Å². The Bertz CT molecular complexity index is 412. The average Bonchev–Trinajstić information content (AvgIpc) is 2.41. The maximum absolute atomic E-state index is 13.5. The summed E-state index contributed by atoms with van der Waals surface area (Å²) in [6.07, 6.45) is 2.98. The molecule has 19 heavy (non-hydrogen) atoms. The second-order valence-electron chi connectivity index (χ2n) is 4.25. The molecule has 0 fully saturated rings. The van der Waals surface area contributed by atoms with Crippen LogP contribution in [0.1, 0.15) is 29.3 Å². The fourth-order valence-electron chi connectivity index (χ4n) is 1.65. The first kappa shape index (κ1) is 16.0. The topological polar surface area (TPSA) is 41.1 Å². The Balaban J connectivity index is 2.50. The largest absolute Gasteiger partial charge is 0.351 e. The molecular formula is C14H21FN2OS. The van der Waals surface area contributed by atoms with Crippen LogP contribution in [0.3, 0.4) is 0 Å². The number of carbonyl (C=O) groups excluding carboxylic acids is 1. The number of halogens is 1. The number of benzene rings is 1. The molecule has 0 aliphatic rings. The van der Waals surface area contributed by atoms with Crippen molar-refractivity contribution in [3.63, 3.8) is 0 Å². The summed E-state index contributed by atoms with van der Waals surface area (Å²) in [6, 6.07) is 4.50. The zero-order valence-electron chi connectivity index (χ0n) is 11.5. The van der Waals surface area contributed by atoms with Gasteiger partial charge in [-0.3, -0.25) is 4.79 Å². The minimum absolute atomic E-state index is 0.152. The molecule has 0 radical (unpaired) electrons. The number of amides is 1. The van der Waals surface area contributed by atoms with E-state index < -0.39 is 0 Å². The zero-order chi connectivity index (χ0) is 14.1. The molecule has 106 valence electrons. The fraction of sp³-hybridized carbons (Fsp3) is 0.500. The smallest absolute Gasteiger partial charge is 0.251 e. The van der Waals surface area contributed by atoms with Gasteiger partial charge in [0.1, 0.15) is 5.82 Å². The first-order valence-electron chi connectivity index (χ1n) is 6.45. The van der Waals surface area contributed by atoms with E-state index in [4.69, 9.17) is 0 Å². The quantitative estimate of drug-likeness (QED) is 0.720. The molecule has 0 spiro atoms. The van der Waals surface area contributed by atoms with E-state index in [0.717, 1.165) is 19.5 Å². The summed E-state index contributed by atoms with van der Waals surface area (Å²) < 4.78 is 13.5. The molecular weight excluding hydrogens is 263 g/mol. The number of nitrogens with one attached hydrogen (secondary N) is 2. The highest BCUT2D eigenvalue weighted by atomic mass is 32.2. The van der Waals surface area contributed by atoms with E-state index in [-0.39, 0.29) is 11.7 Å². The fourth-order valence-corrected chi connectivity index (χ4v) is 2.18. The van der Waals surface area contributed by atoms with Crippen molar-refractivity contribution in [3.05, 3.63) is 35.1 Å². The van der Waals surface area contributed by atoms with E-state index in [0.29, 0.717) is 23.4 Å². The van der Waals surface area contributed by atoms with Gasteiger partial charge in [0.05, 0.1) is 0 Å². The molecule has 0 aromatic heterocycles. The number of rotatable bonds is 8. The Hall–Kier alpha value is -1.07. The molecule has 2 N–H and O–H groups in total. The van der Waals surface area contributed by atoms with E-state index >= 15 is 0 Å². The summed E-state index contributed by atoms with van der Waals surface area (Å²) in [5.74, 6) is 0.168. The van der Waals surface area contributed by atoms with Gasteiger partial charge in [-0.2, -0.15) is 11.8 Å². The van der Waals surface area contributed by atoms with Gasteiger partial charge < -0.3 is 10.6 Å². The number of hydrogen-bond acceptors (Lipinski definition) is 3. The number of hydrogen-bond donors (Lipinski definition) is 2. The second kappa shape index (κ2) is 8.93. The van der Waals surface area contributed by atoms with Crippen LogP contribution in [0.2, 0.25) is 0 Å². The van der Waals surface area contributed by atoms with Crippen molar-refractivity contribution in [1.29, 1.82) is 0 Å². The lowest BCUT2D eigenvalue weighted by molar-refractivity contribution is 0.0954. The van der Waals surface area contributed by atoms with Crippen LogP contribution in [-0.4, -0.2) is 31.8 Å². The molecule has 0 heterocycles. The third-order valence-corrected chi connectivity index (χ3v) is 3.22. The van der Waals surface area contributed by atoms with Crippen LogP contribution in [0.5, 0.6) is 0 Å². The molecule has 1 aromatic rings. The van der Waals surface area contributed by atoms with E-state index in [1.54, 1.807) is 6.07 Å². The van der Waals surface area contributed by atoms with Crippen molar-refractivity contribution >= 4 is 17.7 Å². The van der Waals surface area contributed by atoms with Crippen LogP contribution in [0.4, 0.5) is 4.39 Å². The maximum Gasteiger partial charge on any atom is 0.251 e. The average molecular weight is 284 g/mol. The number of carbonyl (C=O) groups is 1. The van der Waals surface area contributed by atoms with Gasteiger partial charge in [0.15, 0.2) is 0 Å². The van der Waals surface area contributed by atoms with E-state index in [2.05, 4.69) is 17.6 Å². The van der Waals surface area contributed by atoms with Crippen LogP contribution >= 0.6 is 11.8 Å². The first-order valence-corrected chi connectivity index (χ1v) is 7.84. The normalized spacial score (nSPS) is 10.5. The summed E-state index contributed by atoms with van der Waals surface area (Å²) in [4.78, 5) is 11.9. The molecule has 0 aliphatic carbocycles. The van der Waals surface area contributed by atoms with Crippen LogP contribution in [0, 0.1) is 5.82 Å².